The van der Waals surface area contributed by atoms with Gasteiger partial charge in [-0.1, -0.05) is 24.3 Å². The predicted molar refractivity (Wildman–Crippen MR) is 43.1 cm³/mol. The smallest absolute Gasteiger partial charge is 0.0316 e. The number of hydrogen-bond acceptors (Lipinski definition) is 0. The SMILES string of the molecule is [2H]C1Cc2ccccc2C([2H])([2H])C1([2H])[2H]. The molecule has 1 unspecified atom stereocenters. The number of rotatable bonds is 0. The van der Waals surface area contributed by atoms with Crippen LogP contribution in [-0.2, 0) is 12.8 Å². The van der Waals surface area contributed by atoms with Crippen molar-refractivity contribution in [2.75, 3.05) is 0 Å². The van der Waals surface area contributed by atoms with E-state index in [2.05, 4.69) is 0 Å². The van der Waals surface area contributed by atoms with Gasteiger partial charge in [0.25, 0.3) is 0 Å². The molecule has 52 valence electrons. The first-order valence-electron chi connectivity index (χ1n) is 5.96. The van der Waals surface area contributed by atoms with Crippen LogP contribution in [0.4, 0.5) is 0 Å². The van der Waals surface area contributed by atoms with Gasteiger partial charge in [-0.15, -0.1) is 0 Å². The summed E-state index contributed by atoms with van der Waals surface area (Å²) in [5, 5.41) is 0. The Hall–Kier alpha value is -0.780. The molecule has 0 aliphatic heterocycles. The second kappa shape index (κ2) is 2.45. The highest BCUT2D eigenvalue weighted by Crippen LogP contribution is 2.19. The summed E-state index contributed by atoms with van der Waals surface area (Å²) in [5.74, 6) is 0. The van der Waals surface area contributed by atoms with E-state index in [1.807, 2.05) is 0 Å². The Morgan fingerprint density at radius 1 is 1.20 bits per heavy atom. The zero-order valence-corrected chi connectivity index (χ0v) is 5.59. The summed E-state index contributed by atoms with van der Waals surface area (Å²) in [6, 6.07) is 6.88. The van der Waals surface area contributed by atoms with E-state index >= 15 is 0 Å². The van der Waals surface area contributed by atoms with E-state index < -0.39 is 19.1 Å². The summed E-state index contributed by atoms with van der Waals surface area (Å²) < 4.78 is 38.6. The zero-order valence-electron chi connectivity index (χ0n) is 10.6. The quantitative estimate of drug-likeness (QED) is 0.515. The van der Waals surface area contributed by atoms with E-state index in [0.29, 0.717) is 5.56 Å². The fourth-order valence-corrected chi connectivity index (χ4v) is 1.11. The maximum absolute atomic E-state index is 7.81. The van der Waals surface area contributed by atoms with Gasteiger partial charge in [0.1, 0.15) is 0 Å². The average molecular weight is 137 g/mol. The van der Waals surface area contributed by atoms with Gasteiger partial charge in [0.15, 0.2) is 0 Å². The lowest BCUT2D eigenvalue weighted by Crippen LogP contribution is -2.00. The molecule has 0 heteroatoms. The van der Waals surface area contributed by atoms with Crippen LogP contribution in [0.25, 0.3) is 0 Å². The van der Waals surface area contributed by atoms with Crippen LogP contribution in [0.1, 0.15) is 30.8 Å². The predicted octanol–water partition coefficient (Wildman–Crippen LogP) is 2.57. The van der Waals surface area contributed by atoms with E-state index in [-0.39, 0.29) is 6.42 Å². The molecule has 10 heavy (non-hydrogen) atoms. The summed E-state index contributed by atoms with van der Waals surface area (Å²) in [7, 11) is 0. The summed E-state index contributed by atoms with van der Waals surface area (Å²) in [6.07, 6.45) is -4.96. The lowest BCUT2D eigenvalue weighted by Gasteiger charge is -2.13. The summed E-state index contributed by atoms with van der Waals surface area (Å²) in [5.41, 5.74) is 1.14. The first-order valence-corrected chi connectivity index (χ1v) is 3.38. The maximum atomic E-state index is 7.81. The Morgan fingerprint density at radius 2 is 2.00 bits per heavy atom. The zero-order chi connectivity index (χ0) is 11.3. The van der Waals surface area contributed by atoms with Crippen molar-refractivity contribution in [3.63, 3.8) is 0 Å². The molecule has 1 aromatic rings. The van der Waals surface area contributed by atoms with Crippen molar-refractivity contribution < 1.29 is 6.85 Å². The third-order valence-electron chi connectivity index (χ3n) is 1.65. The van der Waals surface area contributed by atoms with Crippen LogP contribution < -0.4 is 0 Å². The Balaban J connectivity index is 2.61. The molecule has 0 fully saturated rings. The van der Waals surface area contributed by atoms with Crippen molar-refractivity contribution in [2.24, 2.45) is 0 Å². The molecule has 0 bridgehead atoms. The summed E-state index contributed by atoms with van der Waals surface area (Å²) in [4.78, 5) is 0. The van der Waals surface area contributed by atoms with E-state index in [4.69, 9.17) is 6.85 Å². The Kier molecular flexibility index (Phi) is 0.659. The molecular weight excluding hydrogens is 120 g/mol. The first-order chi connectivity index (χ1) is 6.87. The monoisotopic (exact) mass is 137 g/mol. The topological polar surface area (TPSA) is 0 Å². The highest BCUT2D eigenvalue weighted by molar-refractivity contribution is 5.28. The van der Waals surface area contributed by atoms with Gasteiger partial charge >= 0.3 is 0 Å². The largest absolute Gasteiger partial charge is 0.0620 e. The highest BCUT2D eigenvalue weighted by Gasteiger charge is 2.05. The normalized spacial score (nSPS) is 41.2. The molecule has 2 rings (SSSR count). The molecule has 0 N–H and O–H groups in total. The average Bonchev–Trinajstić information content (AvgIpc) is 2.16. The van der Waals surface area contributed by atoms with Gasteiger partial charge in [0, 0.05) is 6.85 Å². The van der Waals surface area contributed by atoms with Crippen LogP contribution in [0, 0.1) is 0 Å². The molecule has 0 nitrogen and oxygen atoms in total. The van der Waals surface area contributed by atoms with Gasteiger partial charge in [-0.25, -0.2) is 0 Å². The minimum Gasteiger partial charge on any atom is -0.0620 e. The van der Waals surface area contributed by atoms with E-state index in [9.17, 15) is 0 Å². The van der Waals surface area contributed by atoms with Crippen LogP contribution in [0.2, 0.25) is 0 Å². The molecule has 1 atom stereocenters. The van der Waals surface area contributed by atoms with E-state index in [0.717, 1.165) is 5.56 Å². The fraction of sp³-hybridized carbons (Fsp3) is 0.400. The molecule has 0 spiro atoms. The second-order valence-corrected chi connectivity index (χ2v) is 2.33. The van der Waals surface area contributed by atoms with Crippen LogP contribution in [0.5, 0.6) is 0 Å². The molecule has 0 saturated carbocycles. The van der Waals surface area contributed by atoms with Crippen LogP contribution in [0.3, 0.4) is 0 Å². The number of fused-ring (bicyclic) bond motifs is 1. The Bertz CT molecular complexity index is 385. The van der Waals surface area contributed by atoms with Gasteiger partial charge < -0.3 is 0 Å². The molecular formula is C10H12. The fourth-order valence-electron chi connectivity index (χ4n) is 1.11. The van der Waals surface area contributed by atoms with Crippen molar-refractivity contribution in [1.29, 1.82) is 0 Å². The summed E-state index contributed by atoms with van der Waals surface area (Å²) >= 11 is 0. The van der Waals surface area contributed by atoms with Crippen LogP contribution in [0.15, 0.2) is 24.3 Å². The van der Waals surface area contributed by atoms with Gasteiger partial charge in [0.05, 0.1) is 0 Å². The van der Waals surface area contributed by atoms with Crippen LogP contribution >= 0.6 is 0 Å². The molecule has 0 saturated heterocycles. The third-order valence-corrected chi connectivity index (χ3v) is 1.65. The van der Waals surface area contributed by atoms with E-state index in [1.54, 1.807) is 24.3 Å². The standard InChI is InChI=1S/C10H12/c1-2-6-10-8-4-3-7-9(10)5-1/h1-2,5-6H,3-4,7-8H2/i3D,4D2,8D2. The second-order valence-electron chi connectivity index (χ2n) is 2.33. The molecule has 1 aromatic carbocycles. The van der Waals surface area contributed by atoms with Crippen molar-refractivity contribution in [3.05, 3.63) is 35.4 Å². The van der Waals surface area contributed by atoms with Gasteiger partial charge in [-0.05, 0) is 36.7 Å². The lowest BCUT2D eigenvalue weighted by molar-refractivity contribution is 0.685. The van der Waals surface area contributed by atoms with Crippen molar-refractivity contribution in [2.45, 2.75) is 25.6 Å². The molecule has 0 radical (unpaired) electrons. The minimum absolute atomic E-state index is 0.280. The molecule has 1 aliphatic carbocycles. The Labute approximate surface area is 68.9 Å². The van der Waals surface area contributed by atoms with E-state index in [1.165, 1.54) is 0 Å². The molecule has 0 heterocycles. The Morgan fingerprint density at radius 3 is 2.90 bits per heavy atom. The minimum atomic E-state index is -2.12. The van der Waals surface area contributed by atoms with Crippen LogP contribution in [-0.4, -0.2) is 0 Å². The van der Waals surface area contributed by atoms with Crippen molar-refractivity contribution in [3.8, 4) is 0 Å². The summed E-state index contributed by atoms with van der Waals surface area (Å²) in [6.45, 7) is 0. The number of aryl methyl sites for hydroxylation is 2. The molecule has 0 aromatic heterocycles. The number of benzene rings is 1. The molecule has 1 aliphatic rings. The first kappa shape index (κ1) is 2.69. The number of hydrogen-bond donors (Lipinski definition) is 0. The third kappa shape index (κ3) is 0.942. The van der Waals surface area contributed by atoms with Crippen molar-refractivity contribution in [1.82, 2.24) is 0 Å². The van der Waals surface area contributed by atoms with Gasteiger partial charge in [0.2, 0.25) is 0 Å². The highest BCUT2D eigenvalue weighted by atomic mass is 14.1. The van der Waals surface area contributed by atoms with Gasteiger partial charge in [-0.3, -0.25) is 0 Å². The molecule has 0 amide bonds. The lowest BCUT2D eigenvalue weighted by atomic mass is 9.92. The maximum Gasteiger partial charge on any atom is 0.0316 e. The van der Waals surface area contributed by atoms with Crippen molar-refractivity contribution >= 4 is 0 Å². The van der Waals surface area contributed by atoms with Gasteiger partial charge in [-0.2, -0.15) is 0 Å².